The fourth-order valence-electron chi connectivity index (χ4n) is 1.94. The lowest BCUT2D eigenvalue weighted by Crippen LogP contribution is -2.36. The molecule has 0 saturated heterocycles. The van der Waals surface area contributed by atoms with Crippen molar-refractivity contribution in [2.45, 2.75) is 33.4 Å². The van der Waals surface area contributed by atoms with E-state index in [1.54, 1.807) is 19.3 Å². The number of aromatic nitrogens is 2. The Morgan fingerprint density at radius 3 is 2.30 bits per heavy atom. The molecule has 0 bridgehead atoms. The average molecular weight is 269 g/mol. The first-order valence-electron chi connectivity index (χ1n) is 6.71. The van der Waals surface area contributed by atoms with E-state index in [1.807, 2.05) is 49.1 Å². The number of carbonyl (C=O) groups is 1. The Balaban J connectivity index is 2.20. The summed E-state index contributed by atoms with van der Waals surface area (Å²) in [6.07, 6.45) is 3.18. The zero-order valence-electron chi connectivity index (χ0n) is 12.1. The van der Waals surface area contributed by atoms with Crippen LogP contribution in [0, 0.1) is 6.92 Å². The molecule has 0 aliphatic carbocycles. The van der Waals surface area contributed by atoms with Crippen molar-refractivity contribution in [3.8, 4) is 0 Å². The standard InChI is InChI=1S/C16H19N3O/c1-12(2)19(11-14-7-5-4-6-8-14)16(20)15-9-17-13(3)18-10-15/h4-10,12H,11H2,1-3H3. The molecule has 2 aromatic rings. The molecule has 4 heteroatoms. The molecule has 1 aromatic heterocycles. The van der Waals surface area contributed by atoms with Crippen molar-refractivity contribution in [2.75, 3.05) is 0 Å². The van der Waals surface area contributed by atoms with E-state index in [0.29, 0.717) is 17.9 Å². The van der Waals surface area contributed by atoms with Crippen LogP contribution >= 0.6 is 0 Å². The van der Waals surface area contributed by atoms with Crippen LogP contribution in [-0.4, -0.2) is 26.8 Å². The Hall–Kier alpha value is -2.23. The van der Waals surface area contributed by atoms with Crippen molar-refractivity contribution in [1.82, 2.24) is 14.9 Å². The van der Waals surface area contributed by atoms with Crippen molar-refractivity contribution in [1.29, 1.82) is 0 Å². The molecule has 1 heterocycles. The van der Waals surface area contributed by atoms with E-state index in [1.165, 1.54) is 0 Å². The van der Waals surface area contributed by atoms with Gasteiger partial charge in [-0.05, 0) is 26.3 Å². The molecule has 1 aromatic carbocycles. The largest absolute Gasteiger partial charge is 0.332 e. The molecule has 0 atom stereocenters. The van der Waals surface area contributed by atoms with Crippen molar-refractivity contribution in [3.63, 3.8) is 0 Å². The topological polar surface area (TPSA) is 46.1 Å². The highest BCUT2D eigenvalue weighted by Crippen LogP contribution is 2.12. The van der Waals surface area contributed by atoms with Gasteiger partial charge in [0.2, 0.25) is 0 Å². The van der Waals surface area contributed by atoms with Crippen LogP contribution in [0.4, 0.5) is 0 Å². The summed E-state index contributed by atoms with van der Waals surface area (Å²) in [6.45, 7) is 6.41. The van der Waals surface area contributed by atoms with Crippen molar-refractivity contribution < 1.29 is 4.79 Å². The lowest BCUT2D eigenvalue weighted by atomic mass is 10.1. The third-order valence-corrected chi connectivity index (χ3v) is 3.11. The lowest BCUT2D eigenvalue weighted by molar-refractivity contribution is 0.0689. The minimum absolute atomic E-state index is 0.0381. The highest BCUT2D eigenvalue weighted by molar-refractivity contribution is 5.93. The zero-order chi connectivity index (χ0) is 14.5. The van der Waals surface area contributed by atoms with Crippen LogP contribution in [0.3, 0.4) is 0 Å². The van der Waals surface area contributed by atoms with E-state index in [4.69, 9.17) is 0 Å². The SMILES string of the molecule is Cc1ncc(C(=O)N(Cc2ccccc2)C(C)C)cn1. The average Bonchev–Trinajstić information content (AvgIpc) is 2.45. The molecule has 0 fully saturated rings. The smallest absolute Gasteiger partial charge is 0.257 e. The summed E-state index contributed by atoms with van der Waals surface area (Å²) in [7, 11) is 0. The van der Waals surface area contributed by atoms with Crippen LogP contribution in [0.15, 0.2) is 42.7 Å². The number of nitrogens with zero attached hydrogens (tertiary/aromatic N) is 3. The Kier molecular flexibility index (Phi) is 4.45. The normalized spacial score (nSPS) is 10.6. The van der Waals surface area contributed by atoms with Crippen LogP contribution in [0.5, 0.6) is 0 Å². The molecule has 0 spiro atoms. The molecule has 104 valence electrons. The molecule has 0 radical (unpaired) electrons. The second-order valence-corrected chi connectivity index (χ2v) is 5.03. The summed E-state index contributed by atoms with van der Waals surface area (Å²) in [4.78, 5) is 22.6. The molecule has 20 heavy (non-hydrogen) atoms. The molecule has 0 saturated carbocycles. The summed E-state index contributed by atoms with van der Waals surface area (Å²) >= 11 is 0. The predicted molar refractivity (Wildman–Crippen MR) is 78.2 cm³/mol. The van der Waals surface area contributed by atoms with E-state index in [9.17, 15) is 4.79 Å². The van der Waals surface area contributed by atoms with Gasteiger partial charge >= 0.3 is 0 Å². The molecular weight excluding hydrogens is 250 g/mol. The summed E-state index contributed by atoms with van der Waals surface area (Å²) in [5.41, 5.74) is 1.64. The van der Waals surface area contributed by atoms with Crippen LogP contribution in [-0.2, 0) is 6.54 Å². The van der Waals surface area contributed by atoms with Gasteiger partial charge < -0.3 is 4.90 Å². The maximum absolute atomic E-state index is 12.5. The third-order valence-electron chi connectivity index (χ3n) is 3.11. The monoisotopic (exact) mass is 269 g/mol. The fraction of sp³-hybridized carbons (Fsp3) is 0.312. The van der Waals surface area contributed by atoms with Gasteiger partial charge in [-0.3, -0.25) is 4.79 Å². The van der Waals surface area contributed by atoms with Gasteiger partial charge in [-0.1, -0.05) is 30.3 Å². The van der Waals surface area contributed by atoms with Gasteiger partial charge in [0.25, 0.3) is 5.91 Å². The first-order chi connectivity index (χ1) is 9.58. The molecule has 4 nitrogen and oxygen atoms in total. The maximum atomic E-state index is 12.5. The Labute approximate surface area is 119 Å². The summed E-state index contributed by atoms with van der Waals surface area (Å²) < 4.78 is 0. The van der Waals surface area contributed by atoms with Crippen LogP contribution in [0.25, 0.3) is 0 Å². The maximum Gasteiger partial charge on any atom is 0.257 e. The van der Waals surface area contributed by atoms with E-state index >= 15 is 0 Å². The molecule has 1 amide bonds. The van der Waals surface area contributed by atoms with Crippen molar-refractivity contribution in [3.05, 3.63) is 59.7 Å². The first kappa shape index (κ1) is 14.2. The molecule has 0 unspecified atom stereocenters. The minimum Gasteiger partial charge on any atom is -0.332 e. The molecular formula is C16H19N3O. The molecule has 0 aliphatic heterocycles. The number of carbonyl (C=O) groups excluding carboxylic acids is 1. The summed E-state index contributed by atoms with van der Waals surface area (Å²) in [5.74, 6) is 0.629. The zero-order valence-corrected chi connectivity index (χ0v) is 12.1. The quantitative estimate of drug-likeness (QED) is 0.857. The lowest BCUT2D eigenvalue weighted by Gasteiger charge is -2.26. The number of hydrogen-bond acceptors (Lipinski definition) is 3. The first-order valence-corrected chi connectivity index (χ1v) is 6.71. The number of amides is 1. The van der Waals surface area contributed by atoms with Crippen molar-refractivity contribution >= 4 is 5.91 Å². The van der Waals surface area contributed by atoms with E-state index in [0.717, 1.165) is 5.56 Å². The van der Waals surface area contributed by atoms with Gasteiger partial charge in [-0.25, -0.2) is 9.97 Å². The number of aryl methyl sites for hydroxylation is 1. The van der Waals surface area contributed by atoms with Gasteiger partial charge in [-0.15, -0.1) is 0 Å². The van der Waals surface area contributed by atoms with Crippen LogP contribution in [0.1, 0.15) is 35.6 Å². The third kappa shape index (κ3) is 3.41. The highest BCUT2D eigenvalue weighted by atomic mass is 16.2. The molecule has 2 rings (SSSR count). The van der Waals surface area contributed by atoms with Gasteiger partial charge in [-0.2, -0.15) is 0 Å². The molecule has 0 N–H and O–H groups in total. The summed E-state index contributed by atoms with van der Waals surface area (Å²) in [5, 5.41) is 0. The Morgan fingerprint density at radius 1 is 1.15 bits per heavy atom. The fourth-order valence-corrected chi connectivity index (χ4v) is 1.94. The van der Waals surface area contributed by atoms with Gasteiger partial charge in [0.1, 0.15) is 5.82 Å². The number of hydrogen-bond donors (Lipinski definition) is 0. The van der Waals surface area contributed by atoms with Crippen LogP contribution in [0.2, 0.25) is 0 Å². The molecule has 0 aliphatic rings. The second-order valence-electron chi connectivity index (χ2n) is 5.03. The Morgan fingerprint density at radius 2 is 1.75 bits per heavy atom. The van der Waals surface area contributed by atoms with Crippen molar-refractivity contribution in [2.24, 2.45) is 0 Å². The number of rotatable bonds is 4. The van der Waals surface area contributed by atoms with E-state index in [-0.39, 0.29) is 11.9 Å². The van der Waals surface area contributed by atoms with Gasteiger partial charge in [0.15, 0.2) is 0 Å². The Bertz CT molecular complexity index is 564. The van der Waals surface area contributed by atoms with Gasteiger partial charge in [0.05, 0.1) is 5.56 Å². The highest BCUT2D eigenvalue weighted by Gasteiger charge is 2.19. The van der Waals surface area contributed by atoms with E-state index in [2.05, 4.69) is 9.97 Å². The van der Waals surface area contributed by atoms with E-state index < -0.39 is 0 Å². The predicted octanol–water partition coefficient (Wildman–Crippen LogP) is 2.84. The second kappa shape index (κ2) is 6.28. The number of benzene rings is 1. The minimum atomic E-state index is -0.0381. The van der Waals surface area contributed by atoms with Crippen LogP contribution < -0.4 is 0 Å². The summed E-state index contributed by atoms with van der Waals surface area (Å²) in [6, 6.07) is 10.1. The van der Waals surface area contributed by atoms with Gasteiger partial charge in [0, 0.05) is 25.0 Å².